The zero-order valence-corrected chi connectivity index (χ0v) is 13.4. The van der Waals surface area contributed by atoms with Crippen LogP contribution in [0.25, 0.3) is 10.1 Å². The molecule has 2 atom stereocenters. The molecule has 3 amide bonds. The third-order valence-electron chi connectivity index (χ3n) is 4.06. The number of likely N-dealkylation sites (tertiary alicyclic amines) is 1. The monoisotopic (exact) mass is 317 g/mol. The molecule has 0 spiro atoms. The van der Waals surface area contributed by atoms with Crippen LogP contribution in [0.15, 0.2) is 29.6 Å². The molecular formula is C16H19N3O2S. The molecule has 2 N–H and O–H groups in total. The molecule has 3 rings (SSSR count). The number of hydrogen-bond donors (Lipinski definition) is 2. The van der Waals surface area contributed by atoms with Gasteiger partial charge in [-0.1, -0.05) is 18.2 Å². The molecule has 0 bridgehead atoms. The van der Waals surface area contributed by atoms with E-state index < -0.39 is 6.04 Å². The molecule has 2 aromatic rings. The van der Waals surface area contributed by atoms with Crippen molar-refractivity contribution in [2.75, 3.05) is 13.6 Å². The van der Waals surface area contributed by atoms with E-state index in [0.717, 1.165) is 10.9 Å². The summed E-state index contributed by atoms with van der Waals surface area (Å²) in [4.78, 5) is 25.6. The molecular weight excluding hydrogens is 298 g/mol. The minimum atomic E-state index is -0.406. The highest BCUT2D eigenvalue weighted by Crippen LogP contribution is 2.29. The molecule has 0 saturated carbocycles. The number of nitrogens with zero attached hydrogens (tertiary/aromatic N) is 1. The number of benzene rings is 1. The number of fused-ring (bicyclic) bond motifs is 1. The fourth-order valence-electron chi connectivity index (χ4n) is 2.76. The first kappa shape index (κ1) is 14.8. The van der Waals surface area contributed by atoms with E-state index in [-0.39, 0.29) is 18.0 Å². The highest BCUT2D eigenvalue weighted by Gasteiger charge is 2.30. The lowest BCUT2D eigenvalue weighted by atomic mass is 10.1. The van der Waals surface area contributed by atoms with Crippen molar-refractivity contribution in [2.45, 2.75) is 25.4 Å². The summed E-state index contributed by atoms with van der Waals surface area (Å²) in [5.41, 5.74) is 1.10. The first-order valence-corrected chi connectivity index (χ1v) is 8.22. The molecule has 0 radical (unpaired) electrons. The van der Waals surface area contributed by atoms with Crippen molar-refractivity contribution in [1.29, 1.82) is 0 Å². The third-order valence-corrected chi connectivity index (χ3v) is 5.04. The van der Waals surface area contributed by atoms with Crippen molar-refractivity contribution >= 4 is 33.4 Å². The second kappa shape index (κ2) is 5.96. The molecule has 116 valence electrons. The topological polar surface area (TPSA) is 61.4 Å². The maximum atomic E-state index is 12.1. The maximum Gasteiger partial charge on any atom is 0.315 e. The number of thiophene rings is 1. The van der Waals surface area contributed by atoms with Gasteiger partial charge in [-0.15, -0.1) is 11.3 Å². The number of nitrogens with one attached hydrogen (secondary N) is 2. The molecule has 2 unspecified atom stereocenters. The van der Waals surface area contributed by atoms with Gasteiger partial charge in [0.15, 0.2) is 0 Å². The van der Waals surface area contributed by atoms with Gasteiger partial charge >= 0.3 is 6.03 Å². The van der Waals surface area contributed by atoms with E-state index in [9.17, 15) is 9.59 Å². The van der Waals surface area contributed by atoms with Crippen LogP contribution in [-0.4, -0.2) is 36.5 Å². The van der Waals surface area contributed by atoms with E-state index in [1.807, 2.05) is 19.1 Å². The Morgan fingerprint density at radius 1 is 1.41 bits per heavy atom. The molecule has 1 fully saturated rings. The van der Waals surface area contributed by atoms with Crippen LogP contribution in [0.5, 0.6) is 0 Å². The largest absolute Gasteiger partial charge is 0.344 e. The number of urea groups is 1. The highest BCUT2D eigenvalue weighted by atomic mass is 32.1. The lowest BCUT2D eigenvalue weighted by molar-refractivity contribution is -0.128. The number of amides is 3. The first-order valence-electron chi connectivity index (χ1n) is 7.34. The minimum Gasteiger partial charge on any atom is -0.344 e. The Labute approximate surface area is 133 Å². The molecule has 1 aliphatic rings. The van der Waals surface area contributed by atoms with Crippen LogP contribution in [0.2, 0.25) is 0 Å². The highest BCUT2D eigenvalue weighted by molar-refractivity contribution is 7.17. The van der Waals surface area contributed by atoms with Crippen LogP contribution < -0.4 is 10.6 Å². The van der Waals surface area contributed by atoms with Crippen LogP contribution in [0, 0.1) is 0 Å². The van der Waals surface area contributed by atoms with Crippen LogP contribution in [-0.2, 0) is 4.79 Å². The molecule has 22 heavy (non-hydrogen) atoms. The van der Waals surface area contributed by atoms with Gasteiger partial charge in [0.25, 0.3) is 0 Å². The summed E-state index contributed by atoms with van der Waals surface area (Å²) < 4.78 is 1.21. The van der Waals surface area contributed by atoms with Gasteiger partial charge in [0, 0.05) is 18.3 Å². The van der Waals surface area contributed by atoms with Gasteiger partial charge < -0.3 is 15.5 Å². The van der Waals surface area contributed by atoms with Crippen LogP contribution in [0.4, 0.5) is 4.79 Å². The molecule has 1 saturated heterocycles. The van der Waals surface area contributed by atoms with E-state index in [0.29, 0.717) is 13.0 Å². The Morgan fingerprint density at radius 2 is 2.18 bits per heavy atom. The van der Waals surface area contributed by atoms with Crippen molar-refractivity contribution in [3.8, 4) is 0 Å². The average Bonchev–Trinajstić information content (AvgIpc) is 3.06. The Morgan fingerprint density at radius 3 is 2.91 bits per heavy atom. The average molecular weight is 317 g/mol. The SMILES string of the molecule is CC(NC(=O)NC1CCN(C)C1=O)c1csc2ccccc12. The Balaban J connectivity index is 1.65. The minimum absolute atomic E-state index is 0.0243. The normalized spacial score (nSPS) is 19.5. The summed E-state index contributed by atoms with van der Waals surface area (Å²) in [6.07, 6.45) is 0.665. The Bertz CT molecular complexity index is 712. The maximum absolute atomic E-state index is 12.1. The fraction of sp³-hybridized carbons (Fsp3) is 0.375. The smallest absolute Gasteiger partial charge is 0.315 e. The van der Waals surface area contributed by atoms with Gasteiger partial charge in [0.05, 0.1) is 6.04 Å². The number of hydrogen-bond acceptors (Lipinski definition) is 3. The van der Waals surface area contributed by atoms with E-state index in [1.54, 1.807) is 23.3 Å². The van der Waals surface area contributed by atoms with E-state index in [2.05, 4.69) is 28.1 Å². The lowest BCUT2D eigenvalue weighted by Crippen LogP contribution is -2.46. The molecule has 6 heteroatoms. The van der Waals surface area contributed by atoms with Gasteiger partial charge in [0.2, 0.25) is 5.91 Å². The fourth-order valence-corrected chi connectivity index (χ4v) is 3.82. The molecule has 2 heterocycles. The summed E-state index contributed by atoms with van der Waals surface area (Å²) in [6, 6.07) is 7.34. The molecule has 1 aliphatic heterocycles. The van der Waals surface area contributed by atoms with Crippen molar-refractivity contribution in [1.82, 2.24) is 15.5 Å². The summed E-state index contributed by atoms with van der Waals surface area (Å²) in [6.45, 7) is 2.64. The number of rotatable bonds is 3. The summed E-state index contributed by atoms with van der Waals surface area (Å²) in [5.74, 6) is -0.0243. The lowest BCUT2D eigenvalue weighted by Gasteiger charge is -2.17. The second-order valence-electron chi connectivity index (χ2n) is 5.63. The third kappa shape index (κ3) is 2.78. The van der Waals surface area contributed by atoms with Gasteiger partial charge in [-0.05, 0) is 35.7 Å². The van der Waals surface area contributed by atoms with E-state index in [1.165, 1.54) is 4.70 Å². The standard InChI is InChI=1S/C16H19N3O2S/c1-10(12-9-22-14-6-4-3-5-11(12)14)17-16(21)18-13-7-8-19(2)15(13)20/h3-6,9-10,13H,7-8H2,1-2H3,(H2,17,18,21). The summed E-state index contributed by atoms with van der Waals surface area (Å²) in [7, 11) is 1.75. The predicted octanol–water partition coefficient (Wildman–Crippen LogP) is 2.49. The van der Waals surface area contributed by atoms with Crippen molar-refractivity contribution in [2.24, 2.45) is 0 Å². The molecule has 1 aromatic heterocycles. The van der Waals surface area contributed by atoms with E-state index in [4.69, 9.17) is 0 Å². The molecule has 1 aromatic carbocycles. The van der Waals surface area contributed by atoms with Gasteiger partial charge in [0.1, 0.15) is 6.04 Å². The van der Waals surface area contributed by atoms with Crippen molar-refractivity contribution in [3.05, 3.63) is 35.2 Å². The van der Waals surface area contributed by atoms with Crippen LogP contribution in [0.1, 0.15) is 24.9 Å². The second-order valence-corrected chi connectivity index (χ2v) is 6.54. The quantitative estimate of drug-likeness (QED) is 0.913. The van der Waals surface area contributed by atoms with Gasteiger partial charge in [-0.25, -0.2) is 4.79 Å². The summed E-state index contributed by atoms with van der Waals surface area (Å²) >= 11 is 1.67. The van der Waals surface area contributed by atoms with Gasteiger partial charge in [-0.2, -0.15) is 0 Å². The number of carbonyl (C=O) groups excluding carboxylic acids is 2. The van der Waals surface area contributed by atoms with Gasteiger partial charge in [-0.3, -0.25) is 4.79 Å². The van der Waals surface area contributed by atoms with Crippen LogP contribution >= 0.6 is 11.3 Å². The molecule has 0 aliphatic carbocycles. The van der Waals surface area contributed by atoms with E-state index >= 15 is 0 Å². The molecule has 5 nitrogen and oxygen atoms in total. The number of likely N-dealkylation sites (N-methyl/N-ethyl adjacent to an activating group) is 1. The van der Waals surface area contributed by atoms with Crippen molar-refractivity contribution < 1.29 is 9.59 Å². The van der Waals surface area contributed by atoms with Crippen LogP contribution in [0.3, 0.4) is 0 Å². The zero-order chi connectivity index (χ0) is 15.7. The number of carbonyl (C=O) groups is 2. The summed E-state index contributed by atoms with van der Waals surface area (Å²) in [5, 5.41) is 8.92. The Hall–Kier alpha value is -2.08. The Kier molecular flexibility index (Phi) is 4.02. The zero-order valence-electron chi connectivity index (χ0n) is 12.6. The van der Waals surface area contributed by atoms with Crippen molar-refractivity contribution in [3.63, 3.8) is 0 Å². The first-order chi connectivity index (χ1) is 10.6. The predicted molar refractivity (Wildman–Crippen MR) is 87.9 cm³/mol.